The standard InChI is InChI=1S/C18H14BrNO3/c1-2-23-12-9-7-11(8-10-12)20-16-15(19)17(21)13-5-3-4-6-14(13)18(16)22/h3-10,20H,2H2,1H3. The van der Waals surface area contributed by atoms with Gasteiger partial charge in [-0.15, -0.1) is 0 Å². The number of ketones is 2. The average Bonchev–Trinajstić information content (AvgIpc) is 2.58. The lowest BCUT2D eigenvalue weighted by atomic mass is 9.92. The number of carbonyl (C=O) groups excluding carboxylic acids is 2. The highest BCUT2D eigenvalue weighted by Gasteiger charge is 2.30. The summed E-state index contributed by atoms with van der Waals surface area (Å²) in [5.74, 6) is 0.345. The Kier molecular flexibility index (Phi) is 4.30. The number of rotatable bonds is 4. The topological polar surface area (TPSA) is 55.4 Å². The first-order valence-electron chi connectivity index (χ1n) is 7.20. The molecule has 0 aliphatic heterocycles. The number of Topliss-reactive ketones (excluding diaryl/α,β-unsaturated/α-hetero) is 2. The number of fused-ring (bicyclic) bond motifs is 1. The Labute approximate surface area is 142 Å². The van der Waals surface area contributed by atoms with E-state index in [1.807, 2.05) is 19.1 Å². The zero-order chi connectivity index (χ0) is 16.4. The van der Waals surface area contributed by atoms with E-state index in [4.69, 9.17) is 4.74 Å². The van der Waals surface area contributed by atoms with Crippen LogP contribution >= 0.6 is 15.9 Å². The largest absolute Gasteiger partial charge is 0.494 e. The second kappa shape index (κ2) is 6.38. The lowest BCUT2D eigenvalue weighted by molar-refractivity contribution is 0.0983. The van der Waals surface area contributed by atoms with E-state index < -0.39 is 0 Å². The molecule has 0 atom stereocenters. The molecule has 3 rings (SSSR count). The van der Waals surface area contributed by atoms with Crippen LogP contribution in [0.3, 0.4) is 0 Å². The van der Waals surface area contributed by atoms with E-state index >= 15 is 0 Å². The maximum absolute atomic E-state index is 12.6. The van der Waals surface area contributed by atoms with Gasteiger partial charge in [0.15, 0.2) is 0 Å². The van der Waals surface area contributed by atoms with Gasteiger partial charge in [0.05, 0.1) is 11.1 Å². The molecule has 0 bridgehead atoms. The Morgan fingerprint density at radius 2 is 1.57 bits per heavy atom. The first kappa shape index (κ1) is 15.5. The van der Waals surface area contributed by atoms with Crippen molar-refractivity contribution in [2.24, 2.45) is 0 Å². The minimum atomic E-state index is -0.207. The van der Waals surface area contributed by atoms with E-state index in [0.29, 0.717) is 23.4 Å². The molecule has 0 spiro atoms. The minimum Gasteiger partial charge on any atom is -0.494 e. The van der Waals surface area contributed by atoms with Crippen LogP contribution in [0.1, 0.15) is 27.6 Å². The Hall–Kier alpha value is -2.40. The zero-order valence-electron chi connectivity index (χ0n) is 12.4. The van der Waals surface area contributed by atoms with Crippen molar-refractivity contribution in [3.05, 3.63) is 69.8 Å². The van der Waals surface area contributed by atoms with Gasteiger partial charge in [-0.3, -0.25) is 9.59 Å². The van der Waals surface area contributed by atoms with Gasteiger partial charge in [0.25, 0.3) is 0 Å². The van der Waals surface area contributed by atoms with Gasteiger partial charge in [-0.2, -0.15) is 0 Å². The van der Waals surface area contributed by atoms with Gasteiger partial charge in [-0.1, -0.05) is 24.3 Å². The van der Waals surface area contributed by atoms with Crippen LogP contribution in [-0.4, -0.2) is 18.2 Å². The zero-order valence-corrected chi connectivity index (χ0v) is 14.0. The number of carbonyl (C=O) groups is 2. The van der Waals surface area contributed by atoms with Gasteiger partial charge in [0.2, 0.25) is 11.6 Å². The summed E-state index contributed by atoms with van der Waals surface area (Å²) >= 11 is 3.25. The van der Waals surface area contributed by atoms with E-state index in [0.717, 1.165) is 5.75 Å². The highest BCUT2D eigenvalue weighted by atomic mass is 79.9. The molecule has 0 unspecified atom stereocenters. The molecule has 0 amide bonds. The Balaban J connectivity index is 1.92. The van der Waals surface area contributed by atoms with Crippen LogP contribution in [0.25, 0.3) is 0 Å². The van der Waals surface area contributed by atoms with Crippen LogP contribution in [0, 0.1) is 0 Å². The number of hydrogen-bond donors (Lipinski definition) is 1. The van der Waals surface area contributed by atoms with Gasteiger partial charge in [0, 0.05) is 16.8 Å². The third-order valence-corrected chi connectivity index (χ3v) is 4.25. The molecule has 5 heteroatoms. The summed E-state index contributed by atoms with van der Waals surface area (Å²) in [6, 6.07) is 14.0. The lowest BCUT2D eigenvalue weighted by Crippen LogP contribution is -2.24. The van der Waals surface area contributed by atoms with Crippen molar-refractivity contribution in [3.63, 3.8) is 0 Å². The van der Waals surface area contributed by atoms with E-state index in [1.54, 1.807) is 36.4 Å². The minimum absolute atomic E-state index is 0.200. The summed E-state index contributed by atoms with van der Waals surface area (Å²) in [5, 5.41) is 3.03. The predicted octanol–water partition coefficient (Wildman–Crippen LogP) is 4.18. The maximum Gasteiger partial charge on any atom is 0.211 e. The summed E-state index contributed by atoms with van der Waals surface area (Å²) in [6.07, 6.45) is 0. The molecule has 0 heterocycles. The fourth-order valence-electron chi connectivity index (χ4n) is 2.40. The molecule has 1 aliphatic carbocycles. The van der Waals surface area contributed by atoms with Crippen molar-refractivity contribution < 1.29 is 14.3 Å². The Morgan fingerprint density at radius 3 is 2.17 bits per heavy atom. The molecular weight excluding hydrogens is 358 g/mol. The van der Waals surface area contributed by atoms with Crippen LogP contribution in [0.4, 0.5) is 5.69 Å². The van der Waals surface area contributed by atoms with Crippen LogP contribution < -0.4 is 10.1 Å². The van der Waals surface area contributed by atoms with E-state index in [9.17, 15) is 9.59 Å². The van der Waals surface area contributed by atoms with Gasteiger partial charge in [0.1, 0.15) is 11.4 Å². The molecule has 0 saturated heterocycles. The van der Waals surface area contributed by atoms with Crippen molar-refractivity contribution in [1.29, 1.82) is 0 Å². The first-order chi connectivity index (χ1) is 11.1. The molecule has 23 heavy (non-hydrogen) atoms. The smallest absolute Gasteiger partial charge is 0.211 e. The average molecular weight is 372 g/mol. The number of hydrogen-bond acceptors (Lipinski definition) is 4. The normalized spacial score (nSPS) is 13.8. The van der Waals surface area contributed by atoms with E-state index in [2.05, 4.69) is 21.2 Å². The quantitative estimate of drug-likeness (QED) is 0.875. The molecule has 0 radical (unpaired) electrons. The Bertz CT molecular complexity index is 809. The van der Waals surface area contributed by atoms with Crippen LogP contribution in [0.15, 0.2) is 58.7 Å². The molecule has 0 saturated carbocycles. The lowest BCUT2D eigenvalue weighted by Gasteiger charge is -2.19. The molecule has 4 nitrogen and oxygen atoms in total. The highest BCUT2D eigenvalue weighted by molar-refractivity contribution is 9.12. The van der Waals surface area contributed by atoms with Gasteiger partial charge < -0.3 is 10.1 Å². The molecule has 1 aliphatic rings. The van der Waals surface area contributed by atoms with Crippen LogP contribution in [0.5, 0.6) is 5.75 Å². The van der Waals surface area contributed by atoms with Crippen molar-refractivity contribution >= 4 is 33.2 Å². The predicted molar refractivity (Wildman–Crippen MR) is 92.3 cm³/mol. The fourth-order valence-corrected chi connectivity index (χ4v) is 2.90. The second-order valence-electron chi connectivity index (χ2n) is 4.98. The molecule has 2 aromatic rings. The number of anilines is 1. The fraction of sp³-hybridized carbons (Fsp3) is 0.111. The molecule has 2 aromatic carbocycles. The van der Waals surface area contributed by atoms with Crippen molar-refractivity contribution in [1.82, 2.24) is 0 Å². The maximum atomic E-state index is 12.6. The van der Waals surface area contributed by atoms with Gasteiger partial charge >= 0.3 is 0 Å². The van der Waals surface area contributed by atoms with Crippen molar-refractivity contribution in [2.75, 3.05) is 11.9 Å². The molecule has 116 valence electrons. The summed E-state index contributed by atoms with van der Waals surface area (Å²) < 4.78 is 5.63. The third-order valence-electron chi connectivity index (χ3n) is 3.50. The van der Waals surface area contributed by atoms with E-state index in [-0.39, 0.29) is 21.7 Å². The number of allylic oxidation sites excluding steroid dienone is 2. The number of benzene rings is 2. The summed E-state index contributed by atoms with van der Waals surface area (Å²) in [7, 11) is 0. The Morgan fingerprint density at radius 1 is 0.957 bits per heavy atom. The highest BCUT2D eigenvalue weighted by Crippen LogP contribution is 2.30. The number of halogens is 1. The third kappa shape index (κ3) is 2.92. The van der Waals surface area contributed by atoms with Crippen LogP contribution in [0.2, 0.25) is 0 Å². The molecule has 0 aromatic heterocycles. The molecule has 0 fully saturated rings. The number of nitrogens with one attached hydrogen (secondary N) is 1. The molecular formula is C18H14BrNO3. The SMILES string of the molecule is CCOc1ccc(NC2=C(Br)C(=O)c3ccccc3C2=O)cc1. The number of ether oxygens (including phenoxy) is 1. The summed E-state index contributed by atoms with van der Waals surface area (Å²) in [5.41, 5.74) is 1.79. The van der Waals surface area contributed by atoms with E-state index in [1.165, 1.54) is 0 Å². The first-order valence-corrected chi connectivity index (χ1v) is 7.99. The van der Waals surface area contributed by atoms with Crippen LogP contribution in [-0.2, 0) is 0 Å². The van der Waals surface area contributed by atoms with Gasteiger partial charge in [-0.05, 0) is 47.1 Å². The summed E-state index contributed by atoms with van der Waals surface area (Å²) in [6.45, 7) is 2.51. The second-order valence-corrected chi connectivity index (χ2v) is 5.77. The van der Waals surface area contributed by atoms with Gasteiger partial charge in [-0.25, -0.2) is 0 Å². The summed E-state index contributed by atoms with van der Waals surface area (Å²) in [4.78, 5) is 25.0. The van der Waals surface area contributed by atoms with Crippen molar-refractivity contribution in [2.45, 2.75) is 6.92 Å². The molecule has 1 N–H and O–H groups in total. The van der Waals surface area contributed by atoms with Crippen molar-refractivity contribution in [3.8, 4) is 5.75 Å². The monoisotopic (exact) mass is 371 g/mol.